The topological polar surface area (TPSA) is 91.8 Å². The van der Waals surface area contributed by atoms with E-state index in [1.165, 1.54) is 6.42 Å². The van der Waals surface area contributed by atoms with Crippen molar-refractivity contribution in [3.63, 3.8) is 0 Å². The summed E-state index contributed by atoms with van der Waals surface area (Å²) >= 11 is 0. The molecular formula is C24H25N3O4. The van der Waals surface area contributed by atoms with Gasteiger partial charge in [0.25, 0.3) is 5.91 Å². The zero-order valence-corrected chi connectivity index (χ0v) is 17.4. The fraction of sp³-hybridized carbons (Fsp3) is 0.292. The number of anilines is 2. The number of pyridine rings is 1. The molecule has 1 atom stereocenters. The van der Waals surface area contributed by atoms with Gasteiger partial charge in [-0.2, -0.15) is 0 Å². The summed E-state index contributed by atoms with van der Waals surface area (Å²) in [6.07, 6.45) is 2.24. The Bertz CT molecular complexity index is 1100. The third-order valence-electron chi connectivity index (χ3n) is 5.40. The van der Waals surface area contributed by atoms with Gasteiger partial charge in [0.1, 0.15) is 11.6 Å². The van der Waals surface area contributed by atoms with Crippen LogP contribution in [-0.2, 0) is 4.79 Å². The smallest absolute Gasteiger partial charge is 0.336 e. The Morgan fingerprint density at radius 3 is 2.74 bits per heavy atom. The molecule has 1 amide bonds. The number of para-hydroxylation sites is 1. The van der Waals surface area contributed by atoms with Crippen molar-refractivity contribution in [2.24, 2.45) is 5.92 Å². The lowest BCUT2D eigenvalue weighted by Gasteiger charge is -2.32. The first-order valence-corrected chi connectivity index (χ1v) is 10.4. The lowest BCUT2D eigenvalue weighted by Crippen LogP contribution is -2.35. The van der Waals surface area contributed by atoms with Gasteiger partial charge >= 0.3 is 5.97 Å². The zero-order chi connectivity index (χ0) is 21.8. The van der Waals surface area contributed by atoms with Crippen molar-refractivity contribution in [1.29, 1.82) is 0 Å². The predicted octanol–water partition coefficient (Wildman–Crippen LogP) is 4.19. The SMILES string of the molecule is C[C@@H]1CCCN(c2cc(C(=O)O)c3cc(NC(=O)COc4ccccc4)ccc3n2)C1. The average molecular weight is 419 g/mol. The number of rotatable bonds is 6. The van der Waals surface area contributed by atoms with Crippen molar-refractivity contribution < 1.29 is 19.4 Å². The largest absolute Gasteiger partial charge is 0.484 e. The van der Waals surface area contributed by atoms with Gasteiger partial charge in [0.2, 0.25) is 0 Å². The fourth-order valence-electron chi connectivity index (χ4n) is 3.89. The number of carbonyl (C=O) groups excluding carboxylic acids is 1. The number of aromatic carboxylic acids is 1. The molecule has 0 aliphatic carbocycles. The Hall–Kier alpha value is -3.61. The van der Waals surface area contributed by atoms with E-state index in [2.05, 4.69) is 17.1 Å². The highest BCUT2D eigenvalue weighted by Crippen LogP contribution is 2.28. The normalized spacial score (nSPS) is 16.2. The summed E-state index contributed by atoms with van der Waals surface area (Å²) in [6, 6.07) is 15.8. The van der Waals surface area contributed by atoms with Crippen LogP contribution < -0.4 is 15.0 Å². The number of nitrogens with one attached hydrogen (secondary N) is 1. The third-order valence-corrected chi connectivity index (χ3v) is 5.40. The van der Waals surface area contributed by atoms with Gasteiger partial charge in [0, 0.05) is 24.2 Å². The lowest BCUT2D eigenvalue weighted by molar-refractivity contribution is -0.118. The van der Waals surface area contributed by atoms with E-state index in [0.29, 0.717) is 34.1 Å². The minimum absolute atomic E-state index is 0.141. The van der Waals surface area contributed by atoms with Crippen LogP contribution in [0.25, 0.3) is 10.9 Å². The number of fused-ring (bicyclic) bond motifs is 1. The van der Waals surface area contributed by atoms with E-state index < -0.39 is 5.97 Å². The first-order valence-electron chi connectivity index (χ1n) is 10.4. The van der Waals surface area contributed by atoms with Crippen LogP contribution >= 0.6 is 0 Å². The van der Waals surface area contributed by atoms with Crippen LogP contribution in [0, 0.1) is 5.92 Å². The van der Waals surface area contributed by atoms with Gasteiger partial charge in [-0.3, -0.25) is 4.79 Å². The molecule has 3 aromatic rings. The zero-order valence-electron chi connectivity index (χ0n) is 17.4. The highest BCUT2D eigenvalue weighted by Gasteiger charge is 2.21. The summed E-state index contributed by atoms with van der Waals surface area (Å²) < 4.78 is 5.46. The number of nitrogens with zero attached hydrogens (tertiary/aromatic N) is 2. The molecule has 31 heavy (non-hydrogen) atoms. The number of carbonyl (C=O) groups is 2. The molecule has 0 radical (unpaired) electrons. The number of carboxylic acid groups (broad SMARTS) is 1. The standard InChI is InChI=1S/C24H25N3O4/c1-16-6-5-11-27(14-16)22-13-20(24(29)30)19-12-17(9-10-21(19)26-22)25-23(28)15-31-18-7-3-2-4-8-18/h2-4,7-10,12-13,16H,5-6,11,14-15H2,1H3,(H,25,28)(H,29,30)/t16-/m1/s1. The van der Waals surface area contributed by atoms with E-state index >= 15 is 0 Å². The number of piperidine rings is 1. The van der Waals surface area contributed by atoms with Crippen molar-refractivity contribution in [3.8, 4) is 5.75 Å². The molecule has 0 saturated carbocycles. The van der Waals surface area contributed by atoms with Crippen molar-refractivity contribution >= 4 is 34.3 Å². The molecule has 1 aliphatic rings. The molecule has 160 valence electrons. The molecular weight excluding hydrogens is 394 g/mol. The summed E-state index contributed by atoms with van der Waals surface area (Å²) in [5, 5.41) is 13.0. The Balaban J connectivity index is 1.55. The molecule has 7 nitrogen and oxygen atoms in total. The number of amides is 1. The summed E-state index contributed by atoms with van der Waals surface area (Å²) in [5.41, 5.74) is 1.26. The molecule has 1 aliphatic heterocycles. The van der Waals surface area contributed by atoms with E-state index in [9.17, 15) is 14.7 Å². The van der Waals surface area contributed by atoms with Crippen LogP contribution in [0.15, 0.2) is 54.6 Å². The summed E-state index contributed by atoms with van der Waals surface area (Å²) in [6.45, 7) is 3.80. The van der Waals surface area contributed by atoms with Crippen molar-refractivity contribution in [1.82, 2.24) is 4.98 Å². The second kappa shape index (κ2) is 9.04. The molecule has 4 rings (SSSR count). The van der Waals surface area contributed by atoms with Gasteiger partial charge in [-0.25, -0.2) is 9.78 Å². The van der Waals surface area contributed by atoms with Crippen molar-refractivity contribution in [2.75, 3.05) is 29.9 Å². The minimum Gasteiger partial charge on any atom is -0.484 e. The van der Waals surface area contributed by atoms with E-state index in [-0.39, 0.29) is 18.1 Å². The molecule has 2 heterocycles. The molecule has 1 aromatic heterocycles. The van der Waals surface area contributed by atoms with Crippen LogP contribution in [0.3, 0.4) is 0 Å². The van der Waals surface area contributed by atoms with Crippen molar-refractivity contribution in [2.45, 2.75) is 19.8 Å². The number of hydrogen-bond donors (Lipinski definition) is 2. The minimum atomic E-state index is -1.02. The molecule has 0 unspecified atom stereocenters. The van der Waals surface area contributed by atoms with Gasteiger partial charge in [-0.15, -0.1) is 0 Å². The van der Waals surface area contributed by atoms with Crippen LogP contribution in [0.5, 0.6) is 5.75 Å². The number of hydrogen-bond acceptors (Lipinski definition) is 5. The summed E-state index contributed by atoms with van der Waals surface area (Å²) in [5.74, 6) is 0.495. The predicted molar refractivity (Wildman–Crippen MR) is 120 cm³/mol. The van der Waals surface area contributed by atoms with Crippen LogP contribution in [0.2, 0.25) is 0 Å². The molecule has 1 fully saturated rings. The molecule has 0 spiro atoms. The molecule has 7 heteroatoms. The highest BCUT2D eigenvalue weighted by molar-refractivity contribution is 6.05. The second-order valence-corrected chi connectivity index (χ2v) is 7.91. The summed E-state index contributed by atoms with van der Waals surface area (Å²) in [4.78, 5) is 31.1. The Kier molecular flexibility index (Phi) is 6.02. The Labute approximate surface area is 180 Å². The van der Waals surface area contributed by atoms with Gasteiger partial charge in [-0.1, -0.05) is 25.1 Å². The molecule has 1 saturated heterocycles. The quantitative estimate of drug-likeness (QED) is 0.623. The number of aromatic nitrogens is 1. The maximum Gasteiger partial charge on any atom is 0.336 e. The molecule has 0 bridgehead atoms. The highest BCUT2D eigenvalue weighted by atomic mass is 16.5. The van der Waals surface area contributed by atoms with Crippen LogP contribution in [0.4, 0.5) is 11.5 Å². The van der Waals surface area contributed by atoms with E-state index in [4.69, 9.17) is 9.72 Å². The van der Waals surface area contributed by atoms with Crippen LogP contribution in [-0.4, -0.2) is 41.7 Å². The lowest BCUT2D eigenvalue weighted by atomic mass is 10.00. The number of benzene rings is 2. The molecule has 2 aromatic carbocycles. The number of carboxylic acids is 1. The Morgan fingerprint density at radius 2 is 2.00 bits per heavy atom. The van der Waals surface area contributed by atoms with Gasteiger partial charge in [0.05, 0.1) is 11.1 Å². The number of ether oxygens (including phenoxy) is 1. The second-order valence-electron chi connectivity index (χ2n) is 7.91. The molecule has 2 N–H and O–H groups in total. The van der Waals surface area contributed by atoms with Crippen molar-refractivity contribution in [3.05, 3.63) is 60.2 Å². The monoisotopic (exact) mass is 419 g/mol. The van der Waals surface area contributed by atoms with E-state index in [1.54, 1.807) is 36.4 Å². The first kappa shape index (κ1) is 20.7. The van der Waals surface area contributed by atoms with E-state index in [0.717, 1.165) is 19.5 Å². The van der Waals surface area contributed by atoms with Gasteiger partial charge < -0.3 is 20.1 Å². The van der Waals surface area contributed by atoms with Gasteiger partial charge in [0.15, 0.2) is 6.61 Å². The van der Waals surface area contributed by atoms with Crippen LogP contribution in [0.1, 0.15) is 30.1 Å². The maximum atomic E-state index is 12.3. The Morgan fingerprint density at radius 1 is 1.19 bits per heavy atom. The van der Waals surface area contributed by atoms with E-state index in [1.807, 2.05) is 18.2 Å². The fourth-order valence-corrected chi connectivity index (χ4v) is 3.89. The van der Waals surface area contributed by atoms with Gasteiger partial charge in [-0.05, 0) is 55.2 Å². The summed E-state index contributed by atoms with van der Waals surface area (Å²) in [7, 11) is 0. The third kappa shape index (κ3) is 4.94. The maximum absolute atomic E-state index is 12.3. The first-order chi connectivity index (χ1) is 15.0. The average Bonchev–Trinajstić information content (AvgIpc) is 2.77.